The summed E-state index contributed by atoms with van der Waals surface area (Å²) in [5.41, 5.74) is 2.21. The van der Waals surface area contributed by atoms with Gasteiger partial charge in [-0.2, -0.15) is 0 Å². The Kier molecular flexibility index (Phi) is 9.46. The summed E-state index contributed by atoms with van der Waals surface area (Å²) in [5, 5.41) is 3.47. The maximum absolute atomic E-state index is 14.0. The summed E-state index contributed by atoms with van der Waals surface area (Å²) in [6.07, 6.45) is 0. The second-order valence-electron chi connectivity index (χ2n) is 10.7. The molecule has 0 aliphatic heterocycles. The minimum atomic E-state index is -4.11. The van der Waals surface area contributed by atoms with Gasteiger partial charge in [0.1, 0.15) is 12.6 Å². The van der Waals surface area contributed by atoms with Gasteiger partial charge in [-0.15, -0.1) is 0 Å². The summed E-state index contributed by atoms with van der Waals surface area (Å²) < 4.78 is 28.9. The first-order chi connectivity index (χ1) is 18.2. The number of hydrogen-bond acceptors (Lipinski definition) is 4. The molecule has 0 aliphatic rings. The molecule has 0 aliphatic carbocycles. The van der Waals surface area contributed by atoms with Crippen molar-refractivity contribution in [2.75, 3.05) is 10.8 Å². The summed E-state index contributed by atoms with van der Waals surface area (Å²) in [6.45, 7) is 10.5. The molecule has 208 valence electrons. The molecule has 0 fully saturated rings. The van der Waals surface area contributed by atoms with Crippen LogP contribution in [-0.4, -0.2) is 43.3 Å². The Balaban J connectivity index is 2.06. The van der Waals surface area contributed by atoms with Gasteiger partial charge in [-0.25, -0.2) is 8.42 Å². The van der Waals surface area contributed by atoms with Gasteiger partial charge in [-0.3, -0.25) is 13.9 Å². The van der Waals surface area contributed by atoms with E-state index in [-0.39, 0.29) is 17.3 Å². The van der Waals surface area contributed by atoms with Crippen LogP contribution in [0.4, 0.5) is 5.69 Å². The van der Waals surface area contributed by atoms with Crippen molar-refractivity contribution in [3.05, 3.63) is 94.5 Å². The van der Waals surface area contributed by atoms with Gasteiger partial charge >= 0.3 is 0 Å². The van der Waals surface area contributed by atoms with Gasteiger partial charge in [-0.05, 0) is 88.6 Å². The van der Waals surface area contributed by atoms with Crippen molar-refractivity contribution >= 4 is 39.1 Å². The number of halogens is 1. The molecule has 0 unspecified atom stereocenters. The molecule has 7 nitrogen and oxygen atoms in total. The minimum absolute atomic E-state index is 0.0708. The van der Waals surface area contributed by atoms with Crippen LogP contribution >= 0.6 is 11.6 Å². The highest BCUT2D eigenvalue weighted by Gasteiger charge is 2.33. The second-order valence-corrected chi connectivity index (χ2v) is 13.0. The van der Waals surface area contributed by atoms with Crippen LogP contribution in [0.2, 0.25) is 5.02 Å². The van der Waals surface area contributed by atoms with Crippen molar-refractivity contribution in [1.82, 2.24) is 10.2 Å². The Morgan fingerprint density at radius 2 is 1.56 bits per heavy atom. The van der Waals surface area contributed by atoms with Crippen LogP contribution in [0.3, 0.4) is 0 Å². The third kappa shape index (κ3) is 7.83. The molecule has 3 aromatic rings. The van der Waals surface area contributed by atoms with Gasteiger partial charge in [0.2, 0.25) is 11.8 Å². The predicted octanol–water partition coefficient (Wildman–Crippen LogP) is 5.48. The molecule has 0 spiro atoms. The lowest BCUT2D eigenvalue weighted by Crippen LogP contribution is -2.54. The lowest BCUT2D eigenvalue weighted by atomic mass is 10.1. The molecule has 39 heavy (non-hydrogen) atoms. The van der Waals surface area contributed by atoms with Crippen molar-refractivity contribution in [2.45, 2.75) is 64.6 Å². The van der Waals surface area contributed by atoms with Crippen molar-refractivity contribution in [1.29, 1.82) is 0 Å². The number of nitrogens with one attached hydrogen (secondary N) is 1. The number of benzene rings is 3. The molecule has 2 amide bonds. The fourth-order valence-electron chi connectivity index (χ4n) is 4.06. The number of carbonyl (C=O) groups is 2. The molecule has 0 radical (unpaired) electrons. The number of aryl methyl sites for hydroxylation is 2. The van der Waals surface area contributed by atoms with E-state index in [9.17, 15) is 18.0 Å². The smallest absolute Gasteiger partial charge is 0.264 e. The van der Waals surface area contributed by atoms with E-state index in [1.807, 2.05) is 39.8 Å². The third-order valence-corrected chi connectivity index (χ3v) is 8.20. The number of amides is 2. The van der Waals surface area contributed by atoms with Crippen LogP contribution in [0.15, 0.2) is 77.7 Å². The summed E-state index contributed by atoms with van der Waals surface area (Å²) in [4.78, 5) is 28.6. The zero-order valence-corrected chi connectivity index (χ0v) is 24.8. The van der Waals surface area contributed by atoms with Gasteiger partial charge < -0.3 is 10.2 Å². The first kappa shape index (κ1) is 30.2. The fourth-order valence-corrected chi connectivity index (χ4v) is 5.68. The first-order valence-electron chi connectivity index (χ1n) is 12.7. The first-order valence-corrected chi connectivity index (χ1v) is 14.5. The van der Waals surface area contributed by atoms with Gasteiger partial charge in [0.05, 0.1) is 10.6 Å². The normalized spacial score (nSPS) is 12.5. The van der Waals surface area contributed by atoms with Gasteiger partial charge in [0.25, 0.3) is 10.0 Å². The molecule has 0 saturated carbocycles. The molecule has 0 aromatic heterocycles. The molecule has 1 atom stereocenters. The van der Waals surface area contributed by atoms with E-state index in [2.05, 4.69) is 5.32 Å². The Hall–Kier alpha value is -3.36. The van der Waals surface area contributed by atoms with E-state index in [0.29, 0.717) is 16.3 Å². The number of sulfonamides is 1. The van der Waals surface area contributed by atoms with E-state index in [4.69, 9.17) is 11.6 Å². The molecule has 3 rings (SSSR count). The van der Waals surface area contributed by atoms with Gasteiger partial charge in [0, 0.05) is 17.1 Å². The molecule has 3 aromatic carbocycles. The maximum Gasteiger partial charge on any atom is 0.264 e. The van der Waals surface area contributed by atoms with E-state index < -0.39 is 34.1 Å². The van der Waals surface area contributed by atoms with Crippen molar-refractivity contribution in [3.8, 4) is 0 Å². The third-order valence-electron chi connectivity index (χ3n) is 6.18. The molecule has 0 saturated heterocycles. The SMILES string of the molecule is Cc1ccc(C)c(N(CC(=O)N(Cc2ccc(Cl)cc2)[C@H](C)C(=O)NC(C)(C)C)S(=O)(=O)c2ccccc2)c1. The van der Waals surface area contributed by atoms with Crippen LogP contribution in [0, 0.1) is 13.8 Å². The van der Waals surface area contributed by atoms with Gasteiger partial charge in [0.15, 0.2) is 0 Å². The number of rotatable bonds is 9. The van der Waals surface area contributed by atoms with E-state index in [1.54, 1.807) is 62.4 Å². The number of nitrogens with zero attached hydrogens (tertiary/aromatic N) is 2. The number of carbonyl (C=O) groups excluding carboxylic acids is 2. The monoisotopic (exact) mass is 569 g/mol. The summed E-state index contributed by atoms with van der Waals surface area (Å²) >= 11 is 6.05. The standard InChI is InChI=1S/C30H36ClN3O4S/c1-21-12-13-22(2)27(18-21)34(39(37,38)26-10-8-7-9-11-26)20-28(35)33(19-24-14-16-25(31)17-15-24)23(3)29(36)32-30(4,5)6/h7-18,23H,19-20H2,1-6H3,(H,32,36)/t23-/m1/s1. The quantitative estimate of drug-likeness (QED) is 0.369. The van der Waals surface area contributed by atoms with Crippen molar-refractivity contribution in [2.24, 2.45) is 0 Å². The summed E-state index contributed by atoms with van der Waals surface area (Å²) in [7, 11) is -4.11. The predicted molar refractivity (Wildman–Crippen MR) is 156 cm³/mol. The lowest BCUT2D eigenvalue weighted by molar-refractivity contribution is -0.140. The highest BCUT2D eigenvalue weighted by molar-refractivity contribution is 7.92. The minimum Gasteiger partial charge on any atom is -0.350 e. The Bertz CT molecular complexity index is 1420. The number of hydrogen-bond donors (Lipinski definition) is 1. The zero-order valence-electron chi connectivity index (χ0n) is 23.2. The summed E-state index contributed by atoms with van der Waals surface area (Å²) in [6, 6.07) is 19.6. The van der Waals surface area contributed by atoms with Crippen LogP contribution in [0.1, 0.15) is 44.4 Å². The molecule has 9 heteroatoms. The van der Waals surface area contributed by atoms with Crippen LogP contribution in [0.25, 0.3) is 0 Å². The average Bonchev–Trinajstić information content (AvgIpc) is 2.87. The van der Waals surface area contributed by atoms with Crippen LogP contribution < -0.4 is 9.62 Å². The highest BCUT2D eigenvalue weighted by atomic mass is 35.5. The topological polar surface area (TPSA) is 86.8 Å². The van der Waals surface area contributed by atoms with Crippen LogP contribution in [-0.2, 0) is 26.2 Å². The molecular formula is C30H36ClN3O4S. The zero-order chi connectivity index (χ0) is 29.0. The second kappa shape index (κ2) is 12.2. The lowest BCUT2D eigenvalue weighted by Gasteiger charge is -2.34. The largest absolute Gasteiger partial charge is 0.350 e. The molecule has 1 N–H and O–H groups in total. The number of anilines is 1. The molecular weight excluding hydrogens is 534 g/mol. The Labute approximate surface area is 236 Å². The molecule has 0 bridgehead atoms. The maximum atomic E-state index is 14.0. The van der Waals surface area contributed by atoms with Crippen molar-refractivity contribution in [3.63, 3.8) is 0 Å². The summed E-state index contributed by atoms with van der Waals surface area (Å²) in [5.74, 6) is -0.851. The van der Waals surface area contributed by atoms with E-state index in [0.717, 1.165) is 15.4 Å². The van der Waals surface area contributed by atoms with E-state index >= 15 is 0 Å². The van der Waals surface area contributed by atoms with E-state index in [1.165, 1.54) is 17.0 Å². The molecule has 0 heterocycles. The highest BCUT2D eigenvalue weighted by Crippen LogP contribution is 2.28. The van der Waals surface area contributed by atoms with Gasteiger partial charge in [-0.1, -0.05) is 54.1 Å². The van der Waals surface area contributed by atoms with Crippen LogP contribution in [0.5, 0.6) is 0 Å². The average molecular weight is 570 g/mol. The fraction of sp³-hybridized carbons (Fsp3) is 0.333. The Morgan fingerprint density at radius 3 is 2.15 bits per heavy atom. The van der Waals surface area contributed by atoms with Crippen molar-refractivity contribution < 1.29 is 18.0 Å². The Morgan fingerprint density at radius 1 is 0.949 bits per heavy atom.